The molecule has 0 aliphatic rings. The molecular weight excluding hydrogens is 279 g/mol. The van der Waals surface area contributed by atoms with E-state index in [1.807, 2.05) is 0 Å². The number of ether oxygens (including phenoxy) is 1. The van der Waals surface area contributed by atoms with Crippen LogP contribution in [-0.4, -0.2) is 18.1 Å². The van der Waals surface area contributed by atoms with Crippen molar-refractivity contribution in [3.05, 3.63) is 40.1 Å². The van der Waals surface area contributed by atoms with E-state index in [1.165, 1.54) is 31.5 Å². The van der Waals surface area contributed by atoms with Gasteiger partial charge in [-0.2, -0.15) is 0 Å². The van der Waals surface area contributed by atoms with Crippen LogP contribution in [0, 0.1) is 5.82 Å². The van der Waals surface area contributed by atoms with Gasteiger partial charge >= 0.3 is 5.97 Å². The van der Waals surface area contributed by atoms with Crippen LogP contribution in [0.2, 0.25) is 5.02 Å². The molecule has 0 aliphatic heterocycles. The van der Waals surface area contributed by atoms with Gasteiger partial charge in [0.15, 0.2) is 5.13 Å². The molecular formula is C11H8ClFN2O2S. The number of anilines is 2. The third kappa shape index (κ3) is 2.77. The summed E-state index contributed by atoms with van der Waals surface area (Å²) in [6.45, 7) is 0. The van der Waals surface area contributed by atoms with Crippen molar-refractivity contribution in [1.82, 2.24) is 4.98 Å². The number of methoxy groups -OCH3 is 1. The highest BCUT2D eigenvalue weighted by atomic mass is 35.5. The molecule has 1 N–H and O–H groups in total. The van der Waals surface area contributed by atoms with Crippen LogP contribution in [0.3, 0.4) is 0 Å². The minimum absolute atomic E-state index is 0.354. The number of rotatable bonds is 3. The van der Waals surface area contributed by atoms with Gasteiger partial charge in [0.2, 0.25) is 0 Å². The number of thiazole rings is 1. The summed E-state index contributed by atoms with van der Waals surface area (Å²) in [5.74, 6) is -0.877. The first kappa shape index (κ1) is 12.8. The predicted octanol–water partition coefficient (Wildman–Crippen LogP) is 3.47. The summed E-state index contributed by atoms with van der Waals surface area (Å²) in [7, 11) is 1.29. The Morgan fingerprint density at radius 3 is 3.06 bits per heavy atom. The Labute approximate surface area is 111 Å². The number of hydrogen-bond donors (Lipinski definition) is 1. The fourth-order valence-electron chi connectivity index (χ4n) is 1.24. The molecule has 18 heavy (non-hydrogen) atoms. The minimum Gasteiger partial charge on any atom is -0.465 e. The second-order valence-electron chi connectivity index (χ2n) is 3.27. The van der Waals surface area contributed by atoms with Crippen molar-refractivity contribution in [3.8, 4) is 0 Å². The van der Waals surface area contributed by atoms with Crippen molar-refractivity contribution in [2.45, 2.75) is 0 Å². The Morgan fingerprint density at radius 2 is 2.33 bits per heavy atom. The van der Waals surface area contributed by atoms with E-state index in [-0.39, 0.29) is 0 Å². The first-order valence-electron chi connectivity index (χ1n) is 4.86. The fraction of sp³-hybridized carbons (Fsp3) is 0.0909. The lowest BCUT2D eigenvalue weighted by atomic mass is 10.3. The summed E-state index contributed by atoms with van der Waals surface area (Å²) in [5, 5.41) is 3.64. The van der Waals surface area contributed by atoms with Crippen molar-refractivity contribution in [3.63, 3.8) is 0 Å². The van der Waals surface area contributed by atoms with Gasteiger partial charge < -0.3 is 10.1 Å². The number of aromatic nitrogens is 1. The lowest BCUT2D eigenvalue weighted by Crippen LogP contribution is -1.96. The van der Waals surface area contributed by atoms with E-state index in [2.05, 4.69) is 15.0 Å². The molecule has 0 aliphatic carbocycles. The van der Waals surface area contributed by atoms with Crippen molar-refractivity contribution >= 4 is 39.7 Å². The molecule has 0 amide bonds. The van der Waals surface area contributed by atoms with Crippen LogP contribution < -0.4 is 5.32 Å². The van der Waals surface area contributed by atoms with Gasteiger partial charge in [0.25, 0.3) is 0 Å². The first-order valence-corrected chi connectivity index (χ1v) is 6.06. The molecule has 0 spiro atoms. The molecule has 0 saturated heterocycles. The third-order valence-electron chi connectivity index (χ3n) is 2.06. The average molecular weight is 287 g/mol. The van der Waals surface area contributed by atoms with Crippen LogP contribution in [0.4, 0.5) is 15.2 Å². The Morgan fingerprint density at radius 1 is 1.56 bits per heavy atom. The van der Waals surface area contributed by atoms with E-state index < -0.39 is 11.8 Å². The zero-order valence-corrected chi connectivity index (χ0v) is 10.8. The van der Waals surface area contributed by atoms with Crippen molar-refractivity contribution in [2.75, 3.05) is 12.4 Å². The molecule has 7 heteroatoms. The first-order chi connectivity index (χ1) is 8.60. The number of halogens is 2. The molecule has 0 bridgehead atoms. The van der Waals surface area contributed by atoms with Gasteiger partial charge in [-0.3, -0.25) is 0 Å². The van der Waals surface area contributed by atoms with Crippen molar-refractivity contribution in [1.29, 1.82) is 0 Å². The van der Waals surface area contributed by atoms with Crippen LogP contribution in [0.5, 0.6) is 0 Å². The van der Waals surface area contributed by atoms with E-state index in [4.69, 9.17) is 11.6 Å². The minimum atomic E-state index is -0.467. The molecule has 4 nitrogen and oxygen atoms in total. The van der Waals surface area contributed by atoms with Gasteiger partial charge in [-0.1, -0.05) is 22.9 Å². The number of benzene rings is 1. The molecule has 0 saturated carbocycles. The van der Waals surface area contributed by atoms with Gasteiger partial charge in [-0.25, -0.2) is 14.2 Å². The van der Waals surface area contributed by atoms with E-state index in [1.54, 1.807) is 0 Å². The predicted molar refractivity (Wildman–Crippen MR) is 68.1 cm³/mol. The SMILES string of the molecule is COC(=O)c1cnc(Nc2cc(F)ccc2Cl)s1. The van der Waals surface area contributed by atoms with Crippen LogP contribution in [0.25, 0.3) is 0 Å². The molecule has 0 atom stereocenters. The van der Waals surface area contributed by atoms with Gasteiger partial charge in [-0.15, -0.1) is 0 Å². The Kier molecular flexibility index (Phi) is 3.78. The summed E-state index contributed by atoms with van der Waals surface area (Å²) >= 11 is 7.00. The van der Waals surface area contributed by atoms with Crippen LogP contribution in [-0.2, 0) is 4.74 Å². The average Bonchev–Trinajstić information content (AvgIpc) is 2.81. The van der Waals surface area contributed by atoms with Crippen LogP contribution >= 0.6 is 22.9 Å². The molecule has 2 aromatic rings. The maximum absolute atomic E-state index is 13.0. The van der Waals surface area contributed by atoms with E-state index in [9.17, 15) is 9.18 Å². The topological polar surface area (TPSA) is 51.2 Å². The van der Waals surface area contributed by atoms with Gasteiger partial charge in [0.05, 0.1) is 24.0 Å². The highest BCUT2D eigenvalue weighted by molar-refractivity contribution is 7.17. The number of carbonyl (C=O) groups is 1. The lowest BCUT2D eigenvalue weighted by molar-refractivity contribution is 0.0606. The number of nitrogens with zero attached hydrogens (tertiary/aromatic N) is 1. The van der Waals surface area contributed by atoms with Crippen LogP contribution in [0.15, 0.2) is 24.4 Å². The zero-order chi connectivity index (χ0) is 13.1. The number of hydrogen-bond acceptors (Lipinski definition) is 5. The number of nitrogens with one attached hydrogen (secondary N) is 1. The van der Waals surface area contributed by atoms with Crippen LogP contribution in [0.1, 0.15) is 9.67 Å². The molecule has 1 aromatic heterocycles. The van der Waals surface area contributed by atoms with Crippen molar-refractivity contribution in [2.24, 2.45) is 0 Å². The largest absolute Gasteiger partial charge is 0.465 e. The maximum atomic E-state index is 13.0. The van der Waals surface area contributed by atoms with E-state index in [0.29, 0.717) is 20.7 Å². The molecule has 2 rings (SSSR count). The summed E-state index contributed by atoms with van der Waals surface area (Å²) in [6.07, 6.45) is 1.38. The molecule has 0 unspecified atom stereocenters. The molecule has 1 heterocycles. The fourth-order valence-corrected chi connectivity index (χ4v) is 2.15. The summed E-state index contributed by atoms with van der Waals surface area (Å²) in [6, 6.07) is 3.95. The Hall–Kier alpha value is -1.66. The molecule has 0 fully saturated rings. The van der Waals surface area contributed by atoms with E-state index in [0.717, 1.165) is 11.3 Å². The number of carbonyl (C=O) groups excluding carboxylic acids is 1. The highest BCUT2D eigenvalue weighted by Gasteiger charge is 2.11. The monoisotopic (exact) mass is 286 g/mol. The van der Waals surface area contributed by atoms with E-state index >= 15 is 0 Å². The second-order valence-corrected chi connectivity index (χ2v) is 4.71. The Balaban J connectivity index is 2.21. The zero-order valence-electron chi connectivity index (χ0n) is 9.24. The summed E-state index contributed by atoms with van der Waals surface area (Å²) < 4.78 is 17.6. The maximum Gasteiger partial charge on any atom is 0.349 e. The highest BCUT2D eigenvalue weighted by Crippen LogP contribution is 2.28. The van der Waals surface area contributed by atoms with Crippen molar-refractivity contribution < 1.29 is 13.9 Å². The quantitative estimate of drug-likeness (QED) is 0.878. The molecule has 94 valence electrons. The lowest BCUT2D eigenvalue weighted by Gasteiger charge is -2.04. The van der Waals surface area contributed by atoms with Gasteiger partial charge in [0, 0.05) is 0 Å². The summed E-state index contributed by atoms with van der Waals surface area (Å²) in [4.78, 5) is 15.6. The smallest absolute Gasteiger partial charge is 0.349 e. The molecule has 1 aromatic carbocycles. The third-order valence-corrected chi connectivity index (χ3v) is 3.28. The Bertz CT molecular complexity index is 588. The van der Waals surface area contributed by atoms with Gasteiger partial charge in [0.1, 0.15) is 10.7 Å². The molecule has 0 radical (unpaired) electrons. The number of esters is 1. The van der Waals surface area contributed by atoms with Gasteiger partial charge in [-0.05, 0) is 18.2 Å². The second kappa shape index (κ2) is 5.32. The standard InChI is InChI=1S/C11H8ClFN2O2S/c1-17-10(16)9-5-14-11(18-9)15-8-4-6(13)2-3-7(8)12/h2-5H,1H3,(H,14,15). The summed E-state index contributed by atoms with van der Waals surface area (Å²) in [5.41, 5.74) is 0.391. The normalized spacial score (nSPS) is 10.2.